The third-order valence-corrected chi connectivity index (χ3v) is 2.26. The molecule has 0 radical (unpaired) electrons. The molecule has 70 valence electrons. The van der Waals surface area contributed by atoms with Gasteiger partial charge in [-0.25, -0.2) is 8.78 Å². The van der Waals surface area contributed by atoms with Crippen molar-refractivity contribution in [2.75, 3.05) is 6.61 Å². The molecule has 0 aliphatic heterocycles. The molecule has 1 rings (SSSR count). The quantitative estimate of drug-likeness (QED) is 0.618. The van der Waals surface area contributed by atoms with Gasteiger partial charge in [-0.1, -0.05) is 0 Å². The lowest BCUT2D eigenvalue weighted by Gasteiger charge is -2.20. The fraction of sp³-hybridized carbons (Fsp3) is 0.875. The van der Waals surface area contributed by atoms with Crippen molar-refractivity contribution in [1.29, 1.82) is 0 Å². The van der Waals surface area contributed by atoms with Crippen molar-refractivity contribution >= 4 is 5.97 Å². The normalized spacial score (nSPS) is 20.3. The van der Waals surface area contributed by atoms with Crippen molar-refractivity contribution < 1.29 is 18.3 Å². The average Bonchev–Trinajstić information content (AvgIpc) is 2.63. The molecule has 0 aromatic rings. The zero-order valence-electron chi connectivity index (χ0n) is 7.19. The van der Waals surface area contributed by atoms with Crippen molar-refractivity contribution in [3.05, 3.63) is 0 Å². The minimum absolute atomic E-state index is 0.163. The second-order valence-corrected chi connectivity index (χ2v) is 3.19. The Balaban J connectivity index is 2.67. The molecular formula is C8H12F2O2. The lowest BCUT2D eigenvalue weighted by atomic mass is 10.0. The molecule has 0 N–H and O–H groups in total. The number of carbonyl (C=O) groups is 1. The molecule has 0 aromatic carbocycles. The van der Waals surface area contributed by atoms with Crippen LogP contribution in [0.2, 0.25) is 0 Å². The van der Waals surface area contributed by atoms with Gasteiger partial charge in [0.1, 0.15) is 5.41 Å². The van der Waals surface area contributed by atoms with E-state index in [4.69, 9.17) is 0 Å². The van der Waals surface area contributed by atoms with E-state index >= 15 is 0 Å². The number of alkyl halides is 2. The van der Waals surface area contributed by atoms with Crippen LogP contribution >= 0.6 is 0 Å². The number of hydrogen-bond acceptors (Lipinski definition) is 2. The highest BCUT2D eigenvalue weighted by molar-refractivity contribution is 5.81. The molecule has 12 heavy (non-hydrogen) atoms. The Bertz CT molecular complexity index is 192. The SMILES string of the molecule is CCOC(=O)C1(C(C)(F)F)CC1. The minimum atomic E-state index is -2.95. The molecule has 0 saturated heterocycles. The topological polar surface area (TPSA) is 26.3 Å². The zero-order valence-corrected chi connectivity index (χ0v) is 7.19. The molecule has 0 amide bonds. The Kier molecular flexibility index (Phi) is 2.10. The fourth-order valence-corrected chi connectivity index (χ4v) is 1.22. The first-order chi connectivity index (χ1) is 5.44. The predicted molar refractivity (Wildman–Crippen MR) is 38.9 cm³/mol. The maximum atomic E-state index is 12.8. The number of hydrogen-bond donors (Lipinski definition) is 0. The molecule has 0 unspecified atom stereocenters. The summed E-state index contributed by atoms with van der Waals surface area (Å²) in [5.41, 5.74) is -1.50. The summed E-state index contributed by atoms with van der Waals surface area (Å²) in [6.45, 7) is 2.55. The third-order valence-electron chi connectivity index (χ3n) is 2.26. The van der Waals surface area contributed by atoms with Gasteiger partial charge in [-0.2, -0.15) is 0 Å². The van der Waals surface area contributed by atoms with Gasteiger partial charge < -0.3 is 4.74 Å². The summed E-state index contributed by atoms with van der Waals surface area (Å²) in [5, 5.41) is 0. The van der Waals surface area contributed by atoms with Gasteiger partial charge >= 0.3 is 5.97 Å². The fourth-order valence-electron chi connectivity index (χ4n) is 1.22. The number of esters is 1. The second kappa shape index (κ2) is 2.68. The van der Waals surface area contributed by atoms with Gasteiger partial charge in [-0.15, -0.1) is 0 Å². The van der Waals surface area contributed by atoms with Crippen LogP contribution in [0.15, 0.2) is 0 Å². The van der Waals surface area contributed by atoms with Crippen molar-refractivity contribution in [2.45, 2.75) is 32.6 Å². The Morgan fingerprint density at radius 1 is 1.58 bits per heavy atom. The van der Waals surface area contributed by atoms with Crippen LogP contribution in [0.1, 0.15) is 26.7 Å². The first kappa shape index (κ1) is 9.42. The summed E-state index contributed by atoms with van der Waals surface area (Å²) in [5.74, 6) is -3.70. The van der Waals surface area contributed by atoms with Gasteiger partial charge in [-0.05, 0) is 19.8 Å². The monoisotopic (exact) mass is 178 g/mol. The van der Waals surface area contributed by atoms with Gasteiger partial charge in [0.05, 0.1) is 6.61 Å². The van der Waals surface area contributed by atoms with Crippen molar-refractivity contribution in [2.24, 2.45) is 5.41 Å². The van der Waals surface area contributed by atoms with Crippen LogP contribution in [0, 0.1) is 5.41 Å². The van der Waals surface area contributed by atoms with Crippen LogP contribution < -0.4 is 0 Å². The number of carbonyl (C=O) groups excluding carboxylic acids is 1. The molecule has 1 saturated carbocycles. The molecule has 0 atom stereocenters. The molecule has 1 aliphatic carbocycles. The molecule has 0 heterocycles. The van der Waals surface area contributed by atoms with Gasteiger partial charge in [0.25, 0.3) is 5.92 Å². The largest absolute Gasteiger partial charge is 0.465 e. The lowest BCUT2D eigenvalue weighted by molar-refractivity contribution is -0.165. The smallest absolute Gasteiger partial charge is 0.318 e. The van der Waals surface area contributed by atoms with Gasteiger partial charge in [0.15, 0.2) is 0 Å². The summed E-state index contributed by atoms with van der Waals surface area (Å²) in [7, 11) is 0. The first-order valence-electron chi connectivity index (χ1n) is 3.99. The molecule has 0 aromatic heterocycles. The summed E-state index contributed by atoms with van der Waals surface area (Å²) < 4.78 is 30.2. The maximum Gasteiger partial charge on any atom is 0.318 e. The van der Waals surface area contributed by atoms with E-state index in [0.29, 0.717) is 0 Å². The maximum absolute atomic E-state index is 12.8. The van der Waals surface area contributed by atoms with Crippen LogP contribution in [-0.2, 0) is 9.53 Å². The average molecular weight is 178 g/mol. The van der Waals surface area contributed by atoms with Crippen LogP contribution in [0.5, 0.6) is 0 Å². The third kappa shape index (κ3) is 1.30. The van der Waals surface area contributed by atoms with Gasteiger partial charge in [0.2, 0.25) is 0 Å². The summed E-state index contributed by atoms with van der Waals surface area (Å²) in [4.78, 5) is 11.1. The van der Waals surface area contributed by atoms with E-state index in [1.807, 2.05) is 0 Å². The molecular weight excluding hydrogens is 166 g/mol. The van der Waals surface area contributed by atoms with Crippen LogP contribution in [0.4, 0.5) is 8.78 Å². The highest BCUT2D eigenvalue weighted by Gasteiger charge is 2.65. The predicted octanol–water partition coefficient (Wildman–Crippen LogP) is 1.98. The molecule has 0 bridgehead atoms. The zero-order chi connectivity index (χ0) is 9.41. The molecule has 0 spiro atoms. The molecule has 1 aliphatic rings. The summed E-state index contributed by atoms with van der Waals surface area (Å²) >= 11 is 0. The van der Waals surface area contributed by atoms with Crippen molar-refractivity contribution in [3.8, 4) is 0 Å². The van der Waals surface area contributed by atoms with Crippen LogP contribution in [0.3, 0.4) is 0 Å². The number of rotatable bonds is 3. The second-order valence-electron chi connectivity index (χ2n) is 3.19. The molecule has 2 nitrogen and oxygen atoms in total. The van der Waals surface area contributed by atoms with E-state index < -0.39 is 17.3 Å². The Labute approximate surface area is 69.9 Å². The standard InChI is InChI=1S/C8H12F2O2/c1-3-12-6(11)8(4-5-8)7(2,9)10/h3-5H2,1-2H3. The number of ether oxygens (including phenoxy) is 1. The summed E-state index contributed by atoms with van der Waals surface area (Å²) in [6.07, 6.45) is 0.491. The van der Waals surface area contributed by atoms with E-state index in [2.05, 4.69) is 4.74 Å². The minimum Gasteiger partial charge on any atom is -0.465 e. The highest BCUT2D eigenvalue weighted by atomic mass is 19.3. The van der Waals surface area contributed by atoms with E-state index in [9.17, 15) is 13.6 Å². The first-order valence-corrected chi connectivity index (χ1v) is 3.99. The van der Waals surface area contributed by atoms with Crippen molar-refractivity contribution in [1.82, 2.24) is 0 Å². The molecule has 1 fully saturated rings. The van der Waals surface area contributed by atoms with Gasteiger partial charge in [-0.3, -0.25) is 4.79 Å². The van der Waals surface area contributed by atoms with E-state index in [-0.39, 0.29) is 19.4 Å². The van der Waals surface area contributed by atoms with E-state index in [0.717, 1.165) is 6.92 Å². The van der Waals surface area contributed by atoms with E-state index in [1.165, 1.54) is 0 Å². The van der Waals surface area contributed by atoms with Crippen molar-refractivity contribution in [3.63, 3.8) is 0 Å². The Morgan fingerprint density at radius 2 is 2.08 bits per heavy atom. The number of halogens is 2. The molecule has 4 heteroatoms. The Hall–Kier alpha value is -0.670. The lowest BCUT2D eigenvalue weighted by Crippen LogP contribution is -2.35. The highest BCUT2D eigenvalue weighted by Crippen LogP contribution is 2.57. The summed E-state index contributed by atoms with van der Waals surface area (Å²) in [6, 6.07) is 0. The van der Waals surface area contributed by atoms with E-state index in [1.54, 1.807) is 6.92 Å². The van der Waals surface area contributed by atoms with Gasteiger partial charge in [0, 0.05) is 6.92 Å². The Morgan fingerprint density at radius 3 is 2.33 bits per heavy atom. The van der Waals surface area contributed by atoms with Crippen LogP contribution in [-0.4, -0.2) is 18.5 Å². The van der Waals surface area contributed by atoms with Crippen LogP contribution in [0.25, 0.3) is 0 Å².